The highest BCUT2D eigenvalue weighted by atomic mass is 32.1. The number of carbonyl (C=O) groups excluding carboxylic acids is 2. The lowest BCUT2D eigenvalue weighted by Crippen LogP contribution is -2.42. The third-order valence-electron chi connectivity index (χ3n) is 2.34. The van der Waals surface area contributed by atoms with Crippen LogP contribution >= 0.6 is 11.3 Å². The van der Waals surface area contributed by atoms with Gasteiger partial charge in [-0.25, -0.2) is 0 Å². The van der Waals surface area contributed by atoms with Crippen molar-refractivity contribution in [1.29, 1.82) is 0 Å². The van der Waals surface area contributed by atoms with Gasteiger partial charge in [-0.1, -0.05) is 11.8 Å². The average molecular weight is 279 g/mol. The average Bonchev–Trinajstić information content (AvgIpc) is 2.80. The van der Waals surface area contributed by atoms with Crippen LogP contribution in [0.4, 0.5) is 0 Å². The molecule has 0 aliphatic rings. The SMILES string of the molecule is CC(C)N(CC(N)=O)C(=O)c1ccc(C#CCN)s1. The zero-order valence-electron chi connectivity index (χ0n) is 11.0. The largest absolute Gasteiger partial charge is 0.368 e. The topological polar surface area (TPSA) is 89.4 Å². The van der Waals surface area contributed by atoms with Gasteiger partial charge in [0.1, 0.15) is 0 Å². The molecule has 1 rings (SSSR count). The lowest BCUT2D eigenvalue weighted by Gasteiger charge is -2.24. The van der Waals surface area contributed by atoms with Crippen LogP contribution in [0.2, 0.25) is 0 Å². The molecular weight excluding hydrogens is 262 g/mol. The molecule has 0 aliphatic heterocycles. The molecular formula is C13H17N3O2S. The van der Waals surface area contributed by atoms with E-state index in [0.29, 0.717) is 4.88 Å². The van der Waals surface area contributed by atoms with Crippen LogP contribution in [0.25, 0.3) is 0 Å². The predicted octanol–water partition coefficient (Wildman–Crippen LogP) is 0.394. The van der Waals surface area contributed by atoms with E-state index < -0.39 is 5.91 Å². The van der Waals surface area contributed by atoms with Crippen molar-refractivity contribution in [2.75, 3.05) is 13.1 Å². The molecule has 2 amide bonds. The zero-order chi connectivity index (χ0) is 14.4. The molecule has 0 fully saturated rings. The molecule has 0 aliphatic carbocycles. The summed E-state index contributed by atoms with van der Waals surface area (Å²) in [6.45, 7) is 3.87. The molecule has 0 saturated carbocycles. The van der Waals surface area contributed by atoms with Crippen LogP contribution in [0.15, 0.2) is 12.1 Å². The molecule has 5 nitrogen and oxygen atoms in total. The van der Waals surface area contributed by atoms with Crippen LogP contribution in [0.1, 0.15) is 28.4 Å². The zero-order valence-corrected chi connectivity index (χ0v) is 11.8. The molecule has 1 heterocycles. The minimum absolute atomic E-state index is 0.0851. The van der Waals surface area contributed by atoms with Gasteiger partial charge in [0.25, 0.3) is 5.91 Å². The van der Waals surface area contributed by atoms with E-state index in [1.165, 1.54) is 16.2 Å². The summed E-state index contributed by atoms with van der Waals surface area (Å²) in [4.78, 5) is 26.0. The Balaban J connectivity index is 2.90. The lowest BCUT2D eigenvalue weighted by atomic mass is 10.3. The fourth-order valence-electron chi connectivity index (χ4n) is 1.46. The van der Waals surface area contributed by atoms with Crippen molar-refractivity contribution in [2.24, 2.45) is 11.5 Å². The van der Waals surface area contributed by atoms with E-state index in [9.17, 15) is 9.59 Å². The fraction of sp³-hybridized carbons (Fsp3) is 0.385. The standard InChI is InChI=1S/C13H17N3O2S/c1-9(2)16(8-12(15)17)13(18)11-6-5-10(19-11)4-3-7-14/h5-6,9H,7-8,14H2,1-2H3,(H2,15,17). The minimum Gasteiger partial charge on any atom is -0.368 e. The maximum Gasteiger partial charge on any atom is 0.264 e. The van der Waals surface area contributed by atoms with Crippen molar-refractivity contribution >= 4 is 23.2 Å². The second-order valence-corrected chi connectivity index (χ2v) is 5.25. The summed E-state index contributed by atoms with van der Waals surface area (Å²) in [5.41, 5.74) is 10.4. The van der Waals surface area contributed by atoms with Crippen LogP contribution in [-0.4, -0.2) is 35.8 Å². The maximum atomic E-state index is 12.3. The number of primary amides is 1. The summed E-state index contributed by atoms with van der Waals surface area (Å²) in [7, 11) is 0. The quantitative estimate of drug-likeness (QED) is 0.781. The van der Waals surface area contributed by atoms with Gasteiger partial charge in [0.15, 0.2) is 0 Å². The summed E-state index contributed by atoms with van der Waals surface area (Å²) < 4.78 is 0. The molecule has 4 N–H and O–H groups in total. The Hall–Kier alpha value is -1.84. The number of amides is 2. The second-order valence-electron chi connectivity index (χ2n) is 4.16. The van der Waals surface area contributed by atoms with E-state index in [0.717, 1.165) is 4.88 Å². The predicted molar refractivity (Wildman–Crippen MR) is 75.6 cm³/mol. The Bertz CT molecular complexity index is 525. The second kappa shape index (κ2) is 6.92. The third-order valence-corrected chi connectivity index (χ3v) is 3.33. The molecule has 0 bridgehead atoms. The van der Waals surface area contributed by atoms with E-state index in [2.05, 4.69) is 11.8 Å². The highest BCUT2D eigenvalue weighted by Crippen LogP contribution is 2.18. The van der Waals surface area contributed by atoms with Gasteiger partial charge in [0.05, 0.1) is 22.8 Å². The molecule has 0 radical (unpaired) electrons. The van der Waals surface area contributed by atoms with Gasteiger partial charge in [-0.2, -0.15) is 0 Å². The number of nitrogens with two attached hydrogens (primary N) is 2. The summed E-state index contributed by atoms with van der Waals surface area (Å²) in [5, 5.41) is 0. The van der Waals surface area contributed by atoms with E-state index in [1.54, 1.807) is 12.1 Å². The monoisotopic (exact) mass is 279 g/mol. The summed E-state index contributed by atoms with van der Waals surface area (Å²) >= 11 is 1.28. The van der Waals surface area contributed by atoms with Crippen molar-refractivity contribution in [3.05, 3.63) is 21.9 Å². The first kappa shape index (κ1) is 15.2. The van der Waals surface area contributed by atoms with Crippen molar-refractivity contribution in [3.63, 3.8) is 0 Å². The first-order chi connectivity index (χ1) is 8.95. The van der Waals surface area contributed by atoms with Gasteiger partial charge in [-0.3, -0.25) is 9.59 Å². The van der Waals surface area contributed by atoms with Gasteiger partial charge < -0.3 is 16.4 Å². The van der Waals surface area contributed by atoms with Gasteiger partial charge in [0.2, 0.25) is 5.91 Å². The van der Waals surface area contributed by atoms with Crippen molar-refractivity contribution < 1.29 is 9.59 Å². The van der Waals surface area contributed by atoms with Crippen LogP contribution < -0.4 is 11.5 Å². The smallest absolute Gasteiger partial charge is 0.264 e. The summed E-state index contributed by atoms with van der Waals surface area (Å²) in [5.74, 6) is 4.86. The molecule has 0 spiro atoms. The molecule has 0 aromatic carbocycles. The van der Waals surface area contributed by atoms with Gasteiger partial charge in [-0.15, -0.1) is 11.3 Å². The minimum atomic E-state index is -0.526. The Kier molecular flexibility index (Phi) is 5.55. The molecule has 1 aromatic heterocycles. The van der Waals surface area contributed by atoms with Gasteiger partial charge in [-0.05, 0) is 26.0 Å². The van der Waals surface area contributed by atoms with Gasteiger partial charge in [0, 0.05) is 6.04 Å². The first-order valence-corrected chi connectivity index (χ1v) is 6.65. The third kappa shape index (κ3) is 4.39. The Labute approximate surface area is 116 Å². The van der Waals surface area contributed by atoms with E-state index >= 15 is 0 Å². The Morgan fingerprint density at radius 2 is 2.11 bits per heavy atom. The number of rotatable bonds is 4. The number of hydrogen-bond acceptors (Lipinski definition) is 4. The molecule has 0 saturated heterocycles. The molecule has 0 unspecified atom stereocenters. The normalized spacial score (nSPS) is 9.89. The fourth-order valence-corrected chi connectivity index (χ4v) is 2.29. The number of carbonyl (C=O) groups is 2. The summed E-state index contributed by atoms with van der Waals surface area (Å²) in [6.07, 6.45) is 0. The number of nitrogens with zero attached hydrogens (tertiary/aromatic N) is 1. The number of hydrogen-bond donors (Lipinski definition) is 2. The van der Waals surface area contributed by atoms with Crippen LogP contribution in [0.3, 0.4) is 0 Å². The summed E-state index contributed by atoms with van der Waals surface area (Å²) in [6, 6.07) is 3.37. The van der Waals surface area contributed by atoms with Crippen molar-refractivity contribution in [1.82, 2.24) is 4.90 Å². The van der Waals surface area contributed by atoms with E-state index in [4.69, 9.17) is 11.5 Å². The van der Waals surface area contributed by atoms with Crippen LogP contribution in [0, 0.1) is 11.8 Å². The lowest BCUT2D eigenvalue weighted by molar-refractivity contribution is -0.119. The maximum absolute atomic E-state index is 12.3. The Morgan fingerprint density at radius 3 is 2.63 bits per heavy atom. The van der Waals surface area contributed by atoms with Crippen molar-refractivity contribution in [2.45, 2.75) is 19.9 Å². The van der Waals surface area contributed by atoms with Crippen LogP contribution in [0.5, 0.6) is 0 Å². The van der Waals surface area contributed by atoms with Crippen LogP contribution in [-0.2, 0) is 4.79 Å². The first-order valence-electron chi connectivity index (χ1n) is 5.83. The highest BCUT2D eigenvalue weighted by Gasteiger charge is 2.21. The Morgan fingerprint density at radius 1 is 1.42 bits per heavy atom. The van der Waals surface area contributed by atoms with Gasteiger partial charge >= 0.3 is 0 Å². The van der Waals surface area contributed by atoms with Crippen molar-refractivity contribution in [3.8, 4) is 11.8 Å². The van der Waals surface area contributed by atoms with E-state index in [-0.39, 0.29) is 25.0 Å². The molecule has 0 atom stereocenters. The number of thiophene rings is 1. The molecule has 1 aromatic rings. The molecule has 19 heavy (non-hydrogen) atoms. The molecule has 6 heteroatoms. The highest BCUT2D eigenvalue weighted by molar-refractivity contribution is 7.14. The van der Waals surface area contributed by atoms with E-state index in [1.807, 2.05) is 13.8 Å². The molecule has 102 valence electrons.